The van der Waals surface area contributed by atoms with Gasteiger partial charge in [0.2, 0.25) is 0 Å². The molecule has 0 aromatic carbocycles. The summed E-state index contributed by atoms with van der Waals surface area (Å²) in [5.74, 6) is 0.419. The quantitative estimate of drug-likeness (QED) is 0.531. The Balaban J connectivity index is 3.73. The van der Waals surface area contributed by atoms with Crippen molar-refractivity contribution in [2.24, 2.45) is 10.8 Å². The maximum absolute atomic E-state index is 11.8. The van der Waals surface area contributed by atoms with Crippen LogP contribution in [0, 0.1) is 10.8 Å². The molecule has 0 bridgehead atoms. The van der Waals surface area contributed by atoms with Crippen molar-refractivity contribution in [3.05, 3.63) is 0 Å². The molecule has 0 unspecified atom stereocenters. The van der Waals surface area contributed by atoms with Gasteiger partial charge in [-0.2, -0.15) is 0 Å². The predicted molar refractivity (Wildman–Crippen MR) is 93.0 cm³/mol. The summed E-state index contributed by atoms with van der Waals surface area (Å²) in [6.45, 7) is 10.1. The third-order valence-corrected chi connectivity index (χ3v) is 4.27. The average Bonchev–Trinajstić information content (AvgIpc) is 2.36. The minimum Gasteiger partial charge on any atom is -0.368 e. The summed E-state index contributed by atoms with van der Waals surface area (Å²) < 4.78 is 0. The van der Waals surface area contributed by atoms with Crippen LogP contribution in [-0.2, 0) is 9.59 Å². The molecule has 0 spiro atoms. The summed E-state index contributed by atoms with van der Waals surface area (Å²) in [6, 6.07) is 0. The molecular formula is C19H36O4. The molecule has 0 amide bonds. The Labute approximate surface area is 141 Å². The van der Waals surface area contributed by atoms with E-state index >= 15 is 0 Å². The van der Waals surface area contributed by atoms with Gasteiger partial charge >= 0.3 is 0 Å². The second-order valence-corrected chi connectivity index (χ2v) is 8.56. The van der Waals surface area contributed by atoms with Crippen LogP contribution in [0.1, 0.15) is 92.4 Å². The first-order valence-electron chi connectivity index (χ1n) is 8.83. The zero-order valence-electron chi connectivity index (χ0n) is 15.7. The molecule has 4 nitrogen and oxygen atoms in total. The van der Waals surface area contributed by atoms with Crippen LogP contribution >= 0.6 is 0 Å². The van der Waals surface area contributed by atoms with Crippen LogP contribution in [0.2, 0.25) is 0 Å². The van der Waals surface area contributed by atoms with Crippen molar-refractivity contribution in [2.75, 3.05) is 0 Å². The molecule has 0 aromatic heterocycles. The van der Waals surface area contributed by atoms with Gasteiger partial charge in [0, 0.05) is 31.1 Å². The van der Waals surface area contributed by atoms with Gasteiger partial charge in [0.15, 0.2) is 6.29 Å². The number of hydrogen-bond donors (Lipinski definition) is 2. The van der Waals surface area contributed by atoms with Crippen LogP contribution < -0.4 is 0 Å². The smallest absolute Gasteiger partial charge is 0.156 e. The van der Waals surface area contributed by atoms with E-state index in [2.05, 4.69) is 20.8 Å². The van der Waals surface area contributed by atoms with Gasteiger partial charge in [0.1, 0.15) is 11.6 Å². The molecule has 0 saturated heterocycles. The Morgan fingerprint density at radius 1 is 0.739 bits per heavy atom. The number of carbonyl (C=O) groups excluding carboxylic acids is 2. The SMILES string of the molecule is CC(C)(C)CCCC(=O)CCCC(=O)CCCC(C)(C)C(O)O. The van der Waals surface area contributed by atoms with E-state index in [-0.39, 0.29) is 17.0 Å². The van der Waals surface area contributed by atoms with E-state index < -0.39 is 11.7 Å². The Morgan fingerprint density at radius 2 is 1.13 bits per heavy atom. The van der Waals surface area contributed by atoms with Crippen molar-refractivity contribution in [3.8, 4) is 0 Å². The zero-order chi connectivity index (χ0) is 18.1. The van der Waals surface area contributed by atoms with Crippen LogP contribution in [0.15, 0.2) is 0 Å². The maximum Gasteiger partial charge on any atom is 0.156 e. The highest BCUT2D eigenvalue weighted by Crippen LogP contribution is 2.26. The first-order chi connectivity index (χ1) is 10.4. The second-order valence-electron chi connectivity index (χ2n) is 8.56. The number of carbonyl (C=O) groups is 2. The van der Waals surface area contributed by atoms with Gasteiger partial charge in [-0.3, -0.25) is 9.59 Å². The van der Waals surface area contributed by atoms with Crippen molar-refractivity contribution in [1.29, 1.82) is 0 Å². The fourth-order valence-corrected chi connectivity index (χ4v) is 2.42. The lowest BCUT2D eigenvalue weighted by atomic mass is 9.86. The molecule has 0 aliphatic rings. The summed E-state index contributed by atoms with van der Waals surface area (Å²) in [4.78, 5) is 23.6. The average molecular weight is 328 g/mol. The topological polar surface area (TPSA) is 74.6 Å². The standard InChI is InChI=1S/C19H36O4/c1-18(2,3)13-7-11-15(20)9-6-10-16(21)12-8-14-19(4,5)17(22)23/h17,22-23H,6-14H2,1-5H3. The molecule has 0 aliphatic heterocycles. The molecule has 136 valence electrons. The van der Waals surface area contributed by atoms with Crippen molar-refractivity contribution < 1.29 is 19.8 Å². The first kappa shape index (κ1) is 22.3. The molecule has 0 saturated carbocycles. The van der Waals surface area contributed by atoms with Gasteiger partial charge in [0.05, 0.1) is 0 Å². The maximum atomic E-state index is 11.8. The molecule has 0 rings (SSSR count). The van der Waals surface area contributed by atoms with Gasteiger partial charge in [-0.25, -0.2) is 0 Å². The number of hydrogen-bond acceptors (Lipinski definition) is 4. The van der Waals surface area contributed by atoms with Gasteiger partial charge in [-0.05, 0) is 37.5 Å². The summed E-state index contributed by atoms with van der Waals surface area (Å²) in [6.07, 6.45) is 4.53. The van der Waals surface area contributed by atoms with Crippen LogP contribution in [0.4, 0.5) is 0 Å². The van der Waals surface area contributed by atoms with Gasteiger partial charge in [-0.15, -0.1) is 0 Å². The highest BCUT2D eigenvalue weighted by Gasteiger charge is 2.25. The van der Waals surface area contributed by atoms with Crippen molar-refractivity contribution >= 4 is 11.6 Å². The number of rotatable bonds is 12. The molecule has 0 aromatic rings. The minimum absolute atomic E-state index is 0.163. The lowest BCUT2D eigenvalue weighted by molar-refractivity contribution is -0.127. The Hall–Kier alpha value is -0.740. The number of aliphatic hydroxyl groups is 2. The lowest BCUT2D eigenvalue weighted by Crippen LogP contribution is -2.28. The molecule has 0 radical (unpaired) electrons. The number of ketones is 2. The molecule has 4 heteroatoms. The monoisotopic (exact) mass is 328 g/mol. The van der Waals surface area contributed by atoms with Gasteiger partial charge in [-0.1, -0.05) is 34.6 Å². The summed E-state index contributed by atoms with van der Waals surface area (Å²) >= 11 is 0. The third-order valence-electron chi connectivity index (χ3n) is 4.27. The van der Waals surface area contributed by atoms with E-state index in [0.29, 0.717) is 44.9 Å². The Bertz CT molecular complexity index is 364. The Morgan fingerprint density at radius 3 is 1.52 bits per heavy atom. The predicted octanol–water partition coefficient (Wildman–Crippen LogP) is 4.02. The van der Waals surface area contributed by atoms with Crippen molar-refractivity contribution in [3.63, 3.8) is 0 Å². The first-order valence-corrected chi connectivity index (χ1v) is 8.83. The zero-order valence-corrected chi connectivity index (χ0v) is 15.7. The highest BCUT2D eigenvalue weighted by atomic mass is 16.5. The normalized spacial score (nSPS) is 12.7. The second kappa shape index (κ2) is 10.2. The van der Waals surface area contributed by atoms with Gasteiger partial charge in [0.25, 0.3) is 0 Å². The van der Waals surface area contributed by atoms with Crippen LogP contribution in [0.25, 0.3) is 0 Å². The molecule has 0 aliphatic carbocycles. The molecule has 0 heterocycles. The Kier molecular flexibility index (Phi) is 9.86. The van der Waals surface area contributed by atoms with E-state index in [4.69, 9.17) is 0 Å². The summed E-state index contributed by atoms with van der Waals surface area (Å²) in [7, 11) is 0. The van der Waals surface area contributed by atoms with Crippen LogP contribution in [0.3, 0.4) is 0 Å². The van der Waals surface area contributed by atoms with Crippen molar-refractivity contribution in [1.82, 2.24) is 0 Å². The largest absolute Gasteiger partial charge is 0.368 e. The minimum atomic E-state index is -1.36. The summed E-state index contributed by atoms with van der Waals surface area (Å²) in [5.41, 5.74) is -0.310. The van der Waals surface area contributed by atoms with E-state index in [1.54, 1.807) is 13.8 Å². The van der Waals surface area contributed by atoms with E-state index in [1.807, 2.05) is 0 Å². The lowest BCUT2D eigenvalue weighted by Gasteiger charge is -2.26. The van der Waals surface area contributed by atoms with E-state index in [1.165, 1.54) is 0 Å². The highest BCUT2D eigenvalue weighted by molar-refractivity contribution is 5.81. The van der Waals surface area contributed by atoms with E-state index in [0.717, 1.165) is 12.8 Å². The van der Waals surface area contributed by atoms with Crippen LogP contribution in [0.5, 0.6) is 0 Å². The molecule has 0 fully saturated rings. The molecule has 0 atom stereocenters. The van der Waals surface area contributed by atoms with E-state index in [9.17, 15) is 19.8 Å². The number of Topliss-reactive ketones (excluding diaryl/α,β-unsaturated/α-hetero) is 2. The third kappa shape index (κ3) is 12.4. The molecule has 23 heavy (non-hydrogen) atoms. The van der Waals surface area contributed by atoms with Crippen molar-refractivity contribution in [2.45, 2.75) is 98.7 Å². The number of aliphatic hydroxyl groups excluding tert-OH is 1. The molecule has 2 N–H and O–H groups in total. The fraction of sp³-hybridized carbons (Fsp3) is 0.895. The summed E-state index contributed by atoms with van der Waals surface area (Å²) in [5, 5.41) is 18.4. The van der Waals surface area contributed by atoms with Gasteiger partial charge < -0.3 is 10.2 Å². The van der Waals surface area contributed by atoms with Crippen LogP contribution in [-0.4, -0.2) is 28.1 Å². The fourth-order valence-electron chi connectivity index (χ4n) is 2.42. The molecular weight excluding hydrogens is 292 g/mol.